The number of nitrogens with zero attached hydrogens (tertiary/aromatic N) is 2. The third-order valence-corrected chi connectivity index (χ3v) is 4.36. The van der Waals surface area contributed by atoms with Gasteiger partial charge in [0.05, 0.1) is 11.3 Å². The molecule has 1 N–H and O–H groups in total. The van der Waals surface area contributed by atoms with Crippen LogP contribution in [-0.4, -0.2) is 36.9 Å². The topological polar surface area (TPSA) is 72.8 Å². The molecule has 0 atom stereocenters. The minimum atomic E-state index is -4.33. The molecule has 1 heterocycles. The molecular weight excluding hydrogens is 383 g/mol. The van der Waals surface area contributed by atoms with Gasteiger partial charge in [-0.2, -0.15) is 13.2 Å². The molecule has 1 aromatic carbocycles. The fourth-order valence-electron chi connectivity index (χ4n) is 2.26. The van der Waals surface area contributed by atoms with Crippen LogP contribution in [0.1, 0.15) is 21.0 Å². The van der Waals surface area contributed by atoms with Crippen LogP contribution in [0.5, 0.6) is 5.88 Å². The Kier molecular flexibility index (Phi) is 6.78. The molecule has 0 aliphatic rings. The van der Waals surface area contributed by atoms with Gasteiger partial charge in [0.25, 0.3) is 5.91 Å². The second-order valence-corrected chi connectivity index (χ2v) is 6.70. The highest BCUT2D eigenvalue weighted by Gasteiger charge is 2.30. The molecule has 0 spiro atoms. The summed E-state index contributed by atoms with van der Waals surface area (Å²) in [6.45, 7) is 1.65. The summed E-state index contributed by atoms with van der Waals surface area (Å²) < 4.78 is 43.2. The lowest BCUT2D eigenvalue weighted by atomic mass is 10.0. The van der Waals surface area contributed by atoms with E-state index in [0.717, 1.165) is 11.3 Å². The zero-order valence-electron chi connectivity index (χ0n) is 14.9. The Morgan fingerprint density at radius 3 is 2.67 bits per heavy atom. The molecule has 0 fully saturated rings. The van der Waals surface area contributed by atoms with Crippen molar-refractivity contribution in [3.63, 3.8) is 0 Å². The van der Waals surface area contributed by atoms with Crippen molar-refractivity contribution in [3.05, 3.63) is 45.3 Å². The zero-order valence-corrected chi connectivity index (χ0v) is 15.7. The Morgan fingerprint density at radius 2 is 2.04 bits per heavy atom. The minimum absolute atomic E-state index is 0.00589. The molecule has 1 aromatic heterocycles. The Bertz CT molecular complexity index is 834. The summed E-state index contributed by atoms with van der Waals surface area (Å²) in [5, 5.41) is 6.17. The number of likely N-dealkylation sites (N-methyl/N-ethyl adjacent to an activating group) is 1. The van der Waals surface area contributed by atoms with Gasteiger partial charge in [0.2, 0.25) is 5.88 Å². The first-order valence-electron chi connectivity index (χ1n) is 7.82. The summed E-state index contributed by atoms with van der Waals surface area (Å²) in [6.07, 6.45) is -5.42. The second-order valence-electron chi connectivity index (χ2n) is 5.41. The van der Waals surface area contributed by atoms with Gasteiger partial charge in [-0.25, -0.2) is 4.98 Å². The average molecular weight is 401 g/mol. The first-order valence-corrected chi connectivity index (χ1v) is 8.64. The number of ether oxygens (including phenoxy) is 1. The number of carbonyl (C=O) groups is 1. The molecule has 0 unspecified atom stereocenters. The number of nitrogens with one attached hydrogen (secondary N) is 1. The molecular formula is C17H18F3N3O3S. The van der Waals surface area contributed by atoms with Crippen molar-refractivity contribution in [1.29, 1.82) is 0 Å². The molecule has 0 radical (unpaired) electrons. The lowest BCUT2D eigenvalue weighted by Gasteiger charge is -2.11. The van der Waals surface area contributed by atoms with Gasteiger partial charge in [-0.3, -0.25) is 4.79 Å². The van der Waals surface area contributed by atoms with Crippen molar-refractivity contribution < 1.29 is 27.5 Å². The number of hydrogen-bond donors (Lipinski definition) is 1. The lowest BCUT2D eigenvalue weighted by Crippen LogP contribution is -2.29. The number of thiazole rings is 1. The van der Waals surface area contributed by atoms with Crippen LogP contribution in [0.25, 0.3) is 0 Å². The van der Waals surface area contributed by atoms with E-state index in [9.17, 15) is 18.0 Å². The van der Waals surface area contributed by atoms with E-state index in [1.54, 1.807) is 31.2 Å². The Hall–Kier alpha value is -2.62. The number of benzene rings is 1. The first-order chi connectivity index (χ1) is 12.7. The number of alkyl halides is 3. The van der Waals surface area contributed by atoms with Crippen LogP contribution in [0, 0.1) is 6.92 Å². The van der Waals surface area contributed by atoms with Crippen LogP contribution in [0.2, 0.25) is 0 Å². The van der Waals surface area contributed by atoms with Crippen LogP contribution in [0.3, 0.4) is 0 Å². The molecule has 27 heavy (non-hydrogen) atoms. The molecule has 0 bridgehead atoms. The average Bonchev–Trinajstić information content (AvgIpc) is 2.95. The number of oxime groups is 1. The van der Waals surface area contributed by atoms with Crippen LogP contribution < -0.4 is 10.1 Å². The lowest BCUT2D eigenvalue weighted by molar-refractivity contribution is -0.127. The number of rotatable bonds is 7. The maximum absolute atomic E-state index is 12.5. The zero-order chi connectivity index (χ0) is 20.0. The van der Waals surface area contributed by atoms with Gasteiger partial charge in [-0.15, -0.1) is 11.3 Å². The minimum Gasteiger partial charge on any atom is -0.472 e. The SMILES string of the molecule is CNC(=O)C(=NOC)c1ccccc1COc1nc(CC(F)(F)F)sc1C. The number of aryl methyl sites for hydroxylation is 1. The smallest absolute Gasteiger partial charge is 0.395 e. The quantitative estimate of drug-likeness (QED) is 0.571. The van der Waals surface area contributed by atoms with Gasteiger partial charge in [-0.1, -0.05) is 29.4 Å². The van der Waals surface area contributed by atoms with Crippen molar-refractivity contribution in [2.24, 2.45) is 5.16 Å². The molecule has 0 aliphatic heterocycles. The van der Waals surface area contributed by atoms with E-state index in [1.807, 2.05) is 0 Å². The number of amides is 1. The summed E-state index contributed by atoms with van der Waals surface area (Å²) in [6, 6.07) is 6.87. The maximum atomic E-state index is 12.5. The maximum Gasteiger partial charge on any atom is 0.395 e. The summed E-state index contributed by atoms with van der Waals surface area (Å²) >= 11 is 0.940. The summed E-state index contributed by atoms with van der Waals surface area (Å²) in [5.41, 5.74) is 1.16. The molecule has 0 saturated heterocycles. The molecule has 0 aliphatic carbocycles. The van der Waals surface area contributed by atoms with E-state index < -0.39 is 18.5 Å². The van der Waals surface area contributed by atoms with Crippen molar-refractivity contribution >= 4 is 23.0 Å². The molecule has 2 rings (SSSR count). The van der Waals surface area contributed by atoms with Crippen molar-refractivity contribution in [3.8, 4) is 5.88 Å². The Labute approximate surface area is 158 Å². The van der Waals surface area contributed by atoms with Crippen LogP contribution in [0.15, 0.2) is 29.4 Å². The highest BCUT2D eigenvalue weighted by atomic mass is 32.1. The Balaban J connectivity index is 2.22. The Morgan fingerprint density at radius 1 is 1.33 bits per heavy atom. The number of carbonyl (C=O) groups excluding carboxylic acids is 1. The number of halogens is 3. The summed E-state index contributed by atoms with van der Waals surface area (Å²) in [4.78, 5) is 21.2. The van der Waals surface area contributed by atoms with E-state index in [-0.39, 0.29) is 23.2 Å². The van der Waals surface area contributed by atoms with Crippen LogP contribution >= 0.6 is 11.3 Å². The first kappa shape index (κ1) is 20.7. The number of aromatic nitrogens is 1. The molecule has 146 valence electrons. The number of hydrogen-bond acceptors (Lipinski definition) is 6. The third-order valence-electron chi connectivity index (χ3n) is 3.41. The van der Waals surface area contributed by atoms with Crippen molar-refractivity contribution in [2.45, 2.75) is 26.1 Å². The van der Waals surface area contributed by atoms with E-state index in [4.69, 9.17) is 9.57 Å². The van der Waals surface area contributed by atoms with Crippen LogP contribution in [0.4, 0.5) is 13.2 Å². The largest absolute Gasteiger partial charge is 0.472 e. The predicted molar refractivity (Wildman–Crippen MR) is 95.0 cm³/mol. The monoisotopic (exact) mass is 401 g/mol. The van der Waals surface area contributed by atoms with Gasteiger partial charge in [0.15, 0.2) is 5.71 Å². The van der Waals surface area contributed by atoms with Gasteiger partial charge in [-0.05, 0) is 12.5 Å². The molecule has 1 amide bonds. The third kappa shape index (κ3) is 5.68. The van der Waals surface area contributed by atoms with Gasteiger partial charge in [0.1, 0.15) is 18.7 Å². The molecule has 6 nitrogen and oxygen atoms in total. The van der Waals surface area contributed by atoms with Gasteiger partial charge >= 0.3 is 6.18 Å². The van der Waals surface area contributed by atoms with Crippen LogP contribution in [-0.2, 0) is 22.7 Å². The van der Waals surface area contributed by atoms with Gasteiger partial charge < -0.3 is 14.9 Å². The van der Waals surface area contributed by atoms with E-state index >= 15 is 0 Å². The summed E-state index contributed by atoms with van der Waals surface area (Å²) in [5.74, 6) is -0.305. The summed E-state index contributed by atoms with van der Waals surface area (Å²) in [7, 11) is 2.79. The van der Waals surface area contributed by atoms with Crippen molar-refractivity contribution in [2.75, 3.05) is 14.2 Å². The van der Waals surface area contributed by atoms with E-state index in [2.05, 4.69) is 15.5 Å². The predicted octanol–water partition coefficient (Wildman–Crippen LogP) is 3.23. The highest BCUT2D eigenvalue weighted by Crippen LogP contribution is 2.30. The van der Waals surface area contributed by atoms with E-state index in [1.165, 1.54) is 14.2 Å². The van der Waals surface area contributed by atoms with Gasteiger partial charge in [0, 0.05) is 12.6 Å². The standard InChI is InChI=1S/C17H18F3N3O3S/c1-10-16(22-13(27-10)8-17(18,19)20)26-9-11-6-4-5-7-12(11)14(23-25-3)15(24)21-2/h4-7H,8-9H2,1-3H3,(H,21,24). The normalized spacial score (nSPS) is 12.0. The second kappa shape index (κ2) is 8.85. The molecule has 2 aromatic rings. The molecule has 0 saturated carbocycles. The fourth-order valence-corrected chi connectivity index (χ4v) is 3.17. The molecule has 10 heteroatoms. The van der Waals surface area contributed by atoms with E-state index in [0.29, 0.717) is 16.0 Å². The van der Waals surface area contributed by atoms with Crippen molar-refractivity contribution in [1.82, 2.24) is 10.3 Å². The highest BCUT2D eigenvalue weighted by molar-refractivity contribution is 7.11. The fraction of sp³-hybridized carbons (Fsp3) is 0.353.